The predicted octanol–water partition coefficient (Wildman–Crippen LogP) is 3.32. The molecule has 1 atom stereocenters. The van der Waals surface area contributed by atoms with Crippen molar-refractivity contribution in [2.75, 3.05) is 7.05 Å². The predicted molar refractivity (Wildman–Crippen MR) is 83.4 cm³/mol. The highest BCUT2D eigenvalue weighted by atomic mass is 15.2. The molecule has 0 saturated heterocycles. The van der Waals surface area contributed by atoms with Gasteiger partial charge in [-0.25, -0.2) is 0 Å². The van der Waals surface area contributed by atoms with E-state index in [9.17, 15) is 0 Å². The summed E-state index contributed by atoms with van der Waals surface area (Å²) >= 11 is 0. The van der Waals surface area contributed by atoms with Crippen LogP contribution < -0.4 is 10.6 Å². The summed E-state index contributed by atoms with van der Waals surface area (Å²) in [4.78, 5) is 4.27. The summed E-state index contributed by atoms with van der Waals surface area (Å²) in [7, 11) is 1.82. The van der Waals surface area contributed by atoms with E-state index in [-0.39, 0.29) is 0 Å². The van der Waals surface area contributed by atoms with Crippen LogP contribution in [0.3, 0.4) is 0 Å². The topological polar surface area (TPSA) is 36.4 Å². The van der Waals surface area contributed by atoms with Gasteiger partial charge in [-0.15, -0.1) is 0 Å². The van der Waals surface area contributed by atoms with E-state index in [0.717, 1.165) is 12.5 Å². The Morgan fingerprint density at radius 3 is 2.58 bits per heavy atom. The van der Waals surface area contributed by atoms with E-state index >= 15 is 0 Å². The maximum Gasteiger partial charge on any atom is 0.191 e. The largest absolute Gasteiger partial charge is 0.354 e. The molecule has 0 aromatic heterocycles. The number of unbranched alkanes of at least 4 members (excludes halogenated alkanes) is 2. The average molecular weight is 261 g/mol. The first-order valence-electron chi connectivity index (χ1n) is 7.27. The smallest absolute Gasteiger partial charge is 0.191 e. The van der Waals surface area contributed by atoms with Gasteiger partial charge in [0.05, 0.1) is 0 Å². The molecule has 3 nitrogen and oxygen atoms in total. The molecule has 2 N–H and O–H groups in total. The van der Waals surface area contributed by atoms with E-state index < -0.39 is 0 Å². The summed E-state index contributed by atoms with van der Waals surface area (Å²) in [5, 5.41) is 6.78. The second-order valence-electron chi connectivity index (χ2n) is 4.95. The van der Waals surface area contributed by atoms with Gasteiger partial charge in [0.2, 0.25) is 0 Å². The van der Waals surface area contributed by atoms with E-state index in [2.05, 4.69) is 53.7 Å². The molecule has 0 radical (unpaired) electrons. The van der Waals surface area contributed by atoms with Crippen molar-refractivity contribution in [2.24, 2.45) is 4.99 Å². The van der Waals surface area contributed by atoms with Gasteiger partial charge in [-0.05, 0) is 18.9 Å². The van der Waals surface area contributed by atoms with Crippen molar-refractivity contribution >= 4 is 5.96 Å². The van der Waals surface area contributed by atoms with Gasteiger partial charge in [0, 0.05) is 19.6 Å². The summed E-state index contributed by atoms with van der Waals surface area (Å²) in [6, 6.07) is 10.8. The molecule has 0 fully saturated rings. The molecule has 3 heteroatoms. The first-order chi connectivity index (χ1) is 9.26. The summed E-state index contributed by atoms with van der Waals surface area (Å²) in [5.74, 6) is 0.882. The maximum absolute atomic E-state index is 4.27. The third kappa shape index (κ3) is 6.85. The Hall–Kier alpha value is -1.51. The van der Waals surface area contributed by atoms with Crippen LogP contribution in [0.5, 0.6) is 0 Å². The number of rotatable bonds is 7. The molecule has 106 valence electrons. The van der Waals surface area contributed by atoms with Crippen molar-refractivity contribution in [3.8, 4) is 0 Å². The molecule has 19 heavy (non-hydrogen) atoms. The fraction of sp³-hybridized carbons (Fsp3) is 0.562. The Bertz CT molecular complexity index is 360. The minimum absolute atomic E-state index is 0.466. The van der Waals surface area contributed by atoms with E-state index in [1.54, 1.807) is 0 Å². The minimum Gasteiger partial charge on any atom is -0.354 e. The van der Waals surface area contributed by atoms with Crippen molar-refractivity contribution in [1.82, 2.24) is 10.6 Å². The third-order valence-electron chi connectivity index (χ3n) is 3.15. The molecule has 0 aliphatic carbocycles. The van der Waals surface area contributed by atoms with Gasteiger partial charge in [-0.3, -0.25) is 4.99 Å². The van der Waals surface area contributed by atoms with Crippen LogP contribution in [0, 0.1) is 0 Å². The van der Waals surface area contributed by atoms with E-state index in [0.29, 0.717) is 6.04 Å². The summed E-state index contributed by atoms with van der Waals surface area (Å²) in [5.41, 5.74) is 1.27. The number of guanidine groups is 1. The molecule has 0 aliphatic heterocycles. The van der Waals surface area contributed by atoms with E-state index in [1.165, 1.54) is 31.2 Å². The fourth-order valence-electron chi connectivity index (χ4n) is 1.98. The average Bonchev–Trinajstić information content (AvgIpc) is 2.45. The highest BCUT2D eigenvalue weighted by Gasteiger charge is 2.04. The summed E-state index contributed by atoms with van der Waals surface area (Å²) < 4.78 is 0. The molecule has 0 amide bonds. The summed E-state index contributed by atoms with van der Waals surface area (Å²) in [6.07, 6.45) is 5.05. The molecule has 0 heterocycles. The van der Waals surface area contributed by atoms with Gasteiger partial charge in [-0.1, -0.05) is 56.5 Å². The highest BCUT2D eigenvalue weighted by Crippen LogP contribution is 2.03. The van der Waals surface area contributed by atoms with Gasteiger partial charge in [0.15, 0.2) is 5.96 Å². The van der Waals surface area contributed by atoms with Crippen molar-refractivity contribution in [3.63, 3.8) is 0 Å². The van der Waals surface area contributed by atoms with Crippen LogP contribution in [0.15, 0.2) is 35.3 Å². The SMILES string of the molecule is CCCCCC(C)NC(=NC)NCc1ccccc1. The number of hydrogen-bond donors (Lipinski definition) is 2. The highest BCUT2D eigenvalue weighted by molar-refractivity contribution is 5.79. The van der Waals surface area contributed by atoms with Gasteiger partial charge in [-0.2, -0.15) is 0 Å². The van der Waals surface area contributed by atoms with Crippen molar-refractivity contribution in [2.45, 2.75) is 52.1 Å². The Morgan fingerprint density at radius 1 is 1.21 bits per heavy atom. The number of benzene rings is 1. The minimum atomic E-state index is 0.466. The molecular formula is C16H27N3. The fourth-order valence-corrected chi connectivity index (χ4v) is 1.98. The van der Waals surface area contributed by atoms with Crippen LogP contribution in [0.2, 0.25) is 0 Å². The molecule has 0 aliphatic rings. The normalized spacial score (nSPS) is 13.1. The number of hydrogen-bond acceptors (Lipinski definition) is 1. The molecule has 0 bridgehead atoms. The quantitative estimate of drug-likeness (QED) is 0.449. The molecule has 1 rings (SSSR count). The molecule has 1 aromatic carbocycles. The first kappa shape index (κ1) is 15.5. The first-order valence-corrected chi connectivity index (χ1v) is 7.27. The van der Waals surface area contributed by atoms with Crippen LogP contribution in [0.4, 0.5) is 0 Å². The van der Waals surface area contributed by atoms with Gasteiger partial charge in [0.1, 0.15) is 0 Å². The summed E-state index contributed by atoms with van der Waals surface area (Å²) in [6.45, 7) is 5.26. The second-order valence-corrected chi connectivity index (χ2v) is 4.95. The van der Waals surface area contributed by atoms with Crippen LogP contribution in [0.25, 0.3) is 0 Å². The Morgan fingerprint density at radius 2 is 1.95 bits per heavy atom. The molecule has 1 unspecified atom stereocenters. The van der Waals surface area contributed by atoms with Gasteiger partial charge >= 0.3 is 0 Å². The standard InChI is InChI=1S/C16H27N3/c1-4-5-7-10-14(2)19-16(17-3)18-13-15-11-8-6-9-12-15/h6,8-9,11-12,14H,4-5,7,10,13H2,1-3H3,(H2,17,18,19). The van der Waals surface area contributed by atoms with Crippen LogP contribution in [-0.4, -0.2) is 19.0 Å². The Kier molecular flexibility index (Phi) is 7.71. The second kappa shape index (κ2) is 9.42. The molecule has 0 saturated carbocycles. The molecular weight excluding hydrogens is 234 g/mol. The lowest BCUT2D eigenvalue weighted by Gasteiger charge is -2.17. The van der Waals surface area contributed by atoms with Crippen LogP contribution in [0.1, 0.15) is 45.1 Å². The van der Waals surface area contributed by atoms with Crippen LogP contribution >= 0.6 is 0 Å². The zero-order valence-electron chi connectivity index (χ0n) is 12.4. The van der Waals surface area contributed by atoms with E-state index in [4.69, 9.17) is 0 Å². The lowest BCUT2D eigenvalue weighted by molar-refractivity contribution is 0.546. The Balaban J connectivity index is 2.30. The van der Waals surface area contributed by atoms with E-state index in [1.807, 2.05) is 13.1 Å². The number of nitrogens with zero attached hydrogens (tertiary/aromatic N) is 1. The van der Waals surface area contributed by atoms with Crippen LogP contribution in [-0.2, 0) is 6.54 Å². The lowest BCUT2D eigenvalue weighted by atomic mass is 10.1. The van der Waals surface area contributed by atoms with Crippen molar-refractivity contribution in [1.29, 1.82) is 0 Å². The molecule has 0 spiro atoms. The Labute approximate surface area is 117 Å². The van der Waals surface area contributed by atoms with Gasteiger partial charge < -0.3 is 10.6 Å². The van der Waals surface area contributed by atoms with Crippen molar-refractivity contribution in [3.05, 3.63) is 35.9 Å². The maximum atomic E-state index is 4.27. The van der Waals surface area contributed by atoms with Crippen molar-refractivity contribution < 1.29 is 0 Å². The monoisotopic (exact) mass is 261 g/mol. The van der Waals surface area contributed by atoms with Gasteiger partial charge in [0.25, 0.3) is 0 Å². The number of nitrogens with one attached hydrogen (secondary N) is 2. The number of aliphatic imine (C=N–C) groups is 1. The zero-order chi connectivity index (χ0) is 13.9. The zero-order valence-corrected chi connectivity index (χ0v) is 12.4. The lowest BCUT2D eigenvalue weighted by Crippen LogP contribution is -2.41. The third-order valence-corrected chi connectivity index (χ3v) is 3.15. The molecule has 1 aromatic rings.